The van der Waals surface area contributed by atoms with Crippen LogP contribution in [0.3, 0.4) is 0 Å². The molecule has 1 fully saturated rings. The molecule has 0 amide bonds. The predicted octanol–water partition coefficient (Wildman–Crippen LogP) is 12.0. The van der Waals surface area contributed by atoms with Crippen LogP contribution in [0.1, 0.15) is 145 Å². The first-order valence-electron chi connectivity index (χ1n) is 14.1. The Labute approximate surface area is 224 Å². The molecule has 208 valence electrons. The highest BCUT2D eigenvalue weighted by Crippen LogP contribution is 2.58. The molecule has 0 aromatic heterocycles. The SMILES string of the molecule is C.CC(C)(C)C1=CC=C(C(C)(C)C)C1C(C)(C)C.CC(C)(C)C1CCC(C(C)(C)C)C1C(C)(C)C. The lowest BCUT2D eigenvalue weighted by Crippen LogP contribution is -2.39. The summed E-state index contributed by atoms with van der Waals surface area (Å²) in [6.07, 6.45) is 7.59. The molecule has 0 heterocycles. The second-order valence-corrected chi connectivity index (χ2v) is 18.0. The molecule has 2 unspecified atom stereocenters. The first kappa shape index (κ1) is 34.5. The smallest absolute Gasteiger partial charge is 0.00723 e. The van der Waals surface area contributed by atoms with E-state index in [4.69, 9.17) is 0 Å². The molecule has 0 nitrogen and oxygen atoms in total. The largest absolute Gasteiger partial charge is 0.0776 e. The zero-order valence-corrected chi connectivity index (χ0v) is 26.9. The lowest BCUT2D eigenvalue weighted by molar-refractivity contribution is 0.0300. The first-order valence-corrected chi connectivity index (χ1v) is 14.1. The minimum Gasteiger partial charge on any atom is -0.0776 e. The minimum atomic E-state index is 0. The molecular formula is C35H68. The standard InChI is InChI=1S/C17H34.C17H30.CH4/c2*1-15(2,3)12-10-11-13(16(4,5)6)14(12)17(7,8)9;/h12-14H,10-11H2,1-9H3;10-11,14H,1-9H3;1H4. The molecule has 0 heteroatoms. The summed E-state index contributed by atoms with van der Waals surface area (Å²) in [5.74, 6) is 3.21. The van der Waals surface area contributed by atoms with Gasteiger partial charge in [-0.3, -0.25) is 0 Å². The summed E-state index contributed by atoms with van der Waals surface area (Å²) in [7, 11) is 0. The van der Waals surface area contributed by atoms with Gasteiger partial charge in [-0.2, -0.15) is 0 Å². The molecule has 1 saturated carbocycles. The van der Waals surface area contributed by atoms with Crippen molar-refractivity contribution in [1.29, 1.82) is 0 Å². The number of allylic oxidation sites excluding steroid dienone is 4. The Morgan fingerprint density at radius 3 is 0.914 bits per heavy atom. The van der Waals surface area contributed by atoms with Crippen LogP contribution in [0.5, 0.6) is 0 Å². The number of hydrogen-bond donors (Lipinski definition) is 0. The van der Waals surface area contributed by atoms with Crippen molar-refractivity contribution < 1.29 is 0 Å². The normalized spacial score (nSPS) is 24.9. The fraction of sp³-hybridized carbons (Fsp3) is 0.886. The topological polar surface area (TPSA) is 0 Å². The van der Waals surface area contributed by atoms with E-state index in [1.54, 1.807) is 11.1 Å². The second-order valence-electron chi connectivity index (χ2n) is 18.0. The van der Waals surface area contributed by atoms with Crippen LogP contribution in [-0.2, 0) is 0 Å². The molecule has 0 saturated heterocycles. The zero-order chi connectivity index (χ0) is 27.3. The molecule has 2 atom stereocenters. The maximum absolute atomic E-state index is 2.44. The van der Waals surface area contributed by atoms with Crippen molar-refractivity contribution in [1.82, 2.24) is 0 Å². The summed E-state index contributed by atoms with van der Waals surface area (Å²) >= 11 is 0. The van der Waals surface area contributed by atoms with Crippen molar-refractivity contribution in [3.63, 3.8) is 0 Å². The third kappa shape index (κ3) is 8.78. The maximum Gasteiger partial charge on any atom is 0.00723 e. The molecular weight excluding hydrogens is 420 g/mol. The van der Waals surface area contributed by atoms with Crippen molar-refractivity contribution in [3.8, 4) is 0 Å². The van der Waals surface area contributed by atoms with E-state index < -0.39 is 0 Å². The van der Waals surface area contributed by atoms with Gasteiger partial charge in [0, 0.05) is 5.92 Å². The van der Waals surface area contributed by atoms with Gasteiger partial charge in [0.05, 0.1) is 0 Å². The Balaban J connectivity index is 0.000000642. The Morgan fingerprint density at radius 2 is 0.743 bits per heavy atom. The zero-order valence-electron chi connectivity index (χ0n) is 26.9. The summed E-state index contributed by atoms with van der Waals surface area (Å²) in [5, 5.41) is 0. The Morgan fingerprint density at radius 1 is 0.457 bits per heavy atom. The summed E-state index contributed by atoms with van der Waals surface area (Å²) < 4.78 is 0. The molecule has 35 heavy (non-hydrogen) atoms. The summed E-state index contributed by atoms with van der Waals surface area (Å²) in [6.45, 7) is 43.0. The van der Waals surface area contributed by atoms with Crippen molar-refractivity contribution in [2.24, 2.45) is 56.2 Å². The van der Waals surface area contributed by atoms with Gasteiger partial charge in [0.1, 0.15) is 0 Å². The van der Waals surface area contributed by atoms with Gasteiger partial charge in [-0.1, -0.05) is 155 Å². The van der Waals surface area contributed by atoms with Crippen LogP contribution in [0.2, 0.25) is 0 Å². The van der Waals surface area contributed by atoms with Crippen molar-refractivity contribution >= 4 is 0 Å². The highest BCUT2D eigenvalue weighted by molar-refractivity contribution is 5.41. The third-order valence-electron chi connectivity index (χ3n) is 8.54. The van der Waals surface area contributed by atoms with E-state index in [9.17, 15) is 0 Å². The molecule has 2 aliphatic carbocycles. The second kappa shape index (κ2) is 10.7. The first-order chi connectivity index (χ1) is 14.7. The van der Waals surface area contributed by atoms with Crippen molar-refractivity contribution in [3.05, 3.63) is 23.3 Å². The molecule has 2 rings (SSSR count). The van der Waals surface area contributed by atoms with Gasteiger partial charge < -0.3 is 0 Å². The van der Waals surface area contributed by atoms with Crippen LogP contribution in [0, 0.1) is 56.2 Å². The van der Waals surface area contributed by atoms with Crippen LogP contribution in [-0.4, -0.2) is 0 Å². The van der Waals surface area contributed by atoms with Crippen LogP contribution in [0.4, 0.5) is 0 Å². The van der Waals surface area contributed by atoms with Crippen LogP contribution in [0.15, 0.2) is 23.3 Å². The minimum absolute atomic E-state index is 0. The van der Waals surface area contributed by atoms with Gasteiger partial charge in [0.25, 0.3) is 0 Å². The van der Waals surface area contributed by atoms with E-state index in [2.05, 4.69) is 137 Å². The maximum atomic E-state index is 2.44. The van der Waals surface area contributed by atoms with Gasteiger partial charge in [-0.25, -0.2) is 0 Å². The number of hydrogen-bond acceptors (Lipinski definition) is 0. The van der Waals surface area contributed by atoms with Crippen molar-refractivity contribution in [2.75, 3.05) is 0 Å². The highest BCUT2D eigenvalue weighted by atomic mass is 14.5. The van der Waals surface area contributed by atoms with Crippen LogP contribution >= 0.6 is 0 Å². The lowest BCUT2D eigenvalue weighted by atomic mass is 9.59. The van der Waals surface area contributed by atoms with Crippen LogP contribution in [0.25, 0.3) is 0 Å². The molecule has 2 aliphatic rings. The summed E-state index contributed by atoms with van der Waals surface area (Å²) in [5.41, 5.74) is 5.37. The van der Waals surface area contributed by atoms with E-state index in [1.165, 1.54) is 12.8 Å². The van der Waals surface area contributed by atoms with Gasteiger partial charge in [0.2, 0.25) is 0 Å². The molecule has 0 radical (unpaired) electrons. The van der Waals surface area contributed by atoms with Crippen molar-refractivity contribution in [2.45, 2.75) is 145 Å². The fourth-order valence-corrected chi connectivity index (χ4v) is 6.99. The van der Waals surface area contributed by atoms with Gasteiger partial charge in [0.15, 0.2) is 0 Å². The fourth-order valence-electron chi connectivity index (χ4n) is 6.99. The van der Waals surface area contributed by atoms with E-state index >= 15 is 0 Å². The monoisotopic (exact) mass is 489 g/mol. The molecule has 0 N–H and O–H groups in total. The molecule has 0 aromatic carbocycles. The van der Waals surface area contributed by atoms with Gasteiger partial charge >= 0.3 is 0 Å². The summed E-state index contributed by atoms with van der Waals surface area (Å²) in [6, 6.07) is 0. The quantitative estimate of drug-likeness (QED) is 0.318. The molecule has 0 spiro atoms. The third-order valence-corrected chi connectivity index (χ3v) is 8.54. The van der Waals surface area contributed by atoms with E-state index in [-0.39, 0.29) is 18.3 Å². The molecule has 0 aliphatic heterocycles. The summed E-state index contributed by atoms with van der Waals surface area (Å²) in [4.78, 5) is 0. The van der Waals surface area contributed by atoms with Gasteiger partial charge in [-0.05, 0) is 63.1 Å². The Bertz CT molecular complexity index is 677. The highest BCUT2D eigenvalue weighted by Gasteiger charge is 2.50. The van der Waals surface area contributed by atoms with Gasteiger partial charge in [-0.15, -0.1) is 0 Å². The Kier molecular flexibility index (Phi) is 10.5. The molecule has 0 bridgehead atoms. The molecule has 0 aromatic rings. The van der Waals surface area contributed by atoms with E-state index in [0.717, 1.165) is 17.8 Å². The van der Waals surface area contributed by atoms with Crippen LogP contribution < -0.4 is 0 Å². The van der Waals surface area contributed by atoms with E-state index in [0.29, 0.717) is 27.6 Å². The van der Waals surface area contributed by atoms with E-state index in [1.807, 2.05) is 0 Å². The predicted molar refractivity (Wildman–Crippen MR) is 163 cm³/mol. The Hall–Kier alpha value is -0.520. The number of rotatable bonds is 0. The average Bonchev–Trinajstić information content (AvgIpc) is 3.17. The lowest BCUT2D eigenvalue weighted by Gasteiger charge is -2.45. The average molecular weight is 489 g/mol.